The molecule has 0 saturated carbocycles. The van der Waals surface area contributed by atoms with Gasteiger partial charge in [-0.15, -0.1) is 0 Å². The first kappa shape index (κ1) is 29.0. The van der Waals surface area contributed by atoms with Gasteiger partial charge < -0.3 is 34.6 Å². The molecule has 4 rings (SSSR count). The van der Waals surface area contributed by atoms with E-state index in [1.807, 2.05) is 0 Å². The molecule has 2 aliphatic rings. The lowest BCUT2D eigenvalue weighted by Gasteiger charge is -2.48. The summed E-state index contributed by atoms with van der Waals surface area (Å²) in [5, 5.41) is 45.4. The molecule has 212 valence electrons. The van der Waals surface area contributed by atoms with Gasteiger partial charge in [0.1, 0.15) is 29.3 Å². The maximum atomic E-state index is 13.4. The zero-order valence-corrected chi connectivity index (χ0v) is 22.8. The number of allylic oxidation sites excluding steroid dienone is 2. The molecule has 1 aliphatic heterocycles. The van der Waals surface area contributed by atoms with Gasteiger partial charge in [-0.2, -0.15) is 0 Å². The van der Waals surface area contributed by atoms with Crippen molar-refractivity contribution < 1.29 is 49.0 Å². The quantitative estimate of drug-likeness (QED) is 0.321. The molecule has 1 aliphatic carbocycles. The Balaban J connectivity index is 1.86. The highest BCUT2D eigenvalue weighted by atomic mass is 16.6. The Hall–Kier alpha value is -3.99. The summed E-state index contributed by atoms with van der Waals surface area (Å²) < 4.78 is 16.9. The van der Waals surface area contributed by atoms with E-state index in [9.17, 15) is 34.8 Å². The molecule has 1 fully saturated rings. The third-order valence-corrected chi connectivity index (χ3v) is 6.78. The van der Waals surface area contributed by atoms with Gasteiger partial charge in [0.05, 0.1) is 17.7 Å². The number of aromatic hydroxyl groups is 2. The Morgan fingerprint density at radius 2 is 1.55 bits per heavy atom. The Labute approximate surface area is 231 Å². The van der Waals surface area contributed by atoms with Crippen LogP contribution in [0, 0.1) is 6.92 Å². The van der Waals surface area contributed by atoms with Crippen LogP contribution in [0.5, 0.6) is 11.5 Å². The third-order valence-electron chi connectivity index (χ3n) is 6.78. The van der Waals surface area contributed by atoms with Crippen molar-refractivity contribution in [3.63, 3.8) is 0 Å². The zero-order valence-electron chi connectivity index (χ0n) is 22.8. The summed E-state index contributed by atoms with van der Waals surface area (Å²) in [6.07, 6.45) is -3.69. The number of hydrogen-bond donors (Lipinski definition) is 4. The van der Waals surface area contributed by atoms with E-state index in [0.29, 0.717) is 16.7 Å². The first-order valence-electron chi connectivity index (χ1n) is 12.7. The number of carbonyl (C=O) groups is 3. The normalized spacial score (nSPS) is 25.2. The molecule has 0 radical (unpaired) electrons. The predicted molar refractivity (Wildman–Crippen MR) is 142 cm³/mol. The second-order valence-electron chi connectivity index (χ2n) is 10.6. The first-order chi connectivity index (χ1) is 18.7. The van der Waals surface area contributed by atoms with Gasteiger partial charge in [0, 0.05) is 23.3 Å². The largest absolute Gasteiger partial charge is 0.507 e. The summed E-state index contributed by atoms with van der Waals surface area (Å²) in [6.45, 7) is 7.98. The van der Waals surface area contributed by atoms with Crippen LogP contribution < -0.4 is 0 Å². The summed E-state index contributed by atoms with van der Waals surface area (Å²) in [4.78, 5) is 38.5. The van der Waals surface area contributed by atoms with Gasteiger partial charge in [0.2, 0.25) is 5.78 Å². The van der Waals surface area contributed by atoms with Gasteiger partial charge in [-0.25, -0.2) is 9.59 Å². The molecule has 1 saturated heterocycles. The van der Waals surface area contributed by atoms with E-state index < -0.39 is 65.8 Å². The summed E-state index contributed by atoms with van der Waals surface area (Å²) in [7, 11) is 0. The molecule has 10 nitrogen and oxygen atoms in total. The van der Waals surface area contributed by atoms with Crippen LogP contribution in [0.15, 0.2) is 53.6 Å². The van der Waals surface area contributed by atoms with Crippen LogP contribution in [0.4, 0.5) is 0 Å². The molecule has 0 unspecified atom stereocenters. The molecule has 1 heterocycles. The number of hydrogen-bond acceptors (Lipinski definition) is 10. The Bertz CT molecular complexity index is 1430. The van der Waals surface area contributed by atoms with Crippen molar-refractivity contribution in [3.8, 4) is 11.5 Å². The second kappa shape index (κ2) is 10.9. The summed E-state index contributed by atoms with van der Waals surface area (Å²) in [6, 6.07) is 6.88. The minimum atomic E-state index is -2.31. The molecule has 4 N–H and O–H groups in total. The first-order valence-corrected chi connectivity index (χ1v) is 12.7. The molecule has 0 spiro atoms. The van der Waals surface area contributed by atoms with Crippen LogP contribution in [-0.4, -0.2) is 69.2 Å². The number of aryl methyl sites for hydroxylation is 1. The Kier molecular flexibility index (Phi) is 7.89. The third kappa shape index (κ3) is 5.13. The number of ketones is 1. The van der Waals surface area contributed by atoms with E-state index in [-0.39, 0.29) is 22.3 Å². The fraction of sp³-hybridized carbons (Fsp3) is 0.367. The maximum Gasteiger partial charge on any atom is 0.331 e. The average Bonchev–Trinajstić information content (AvgIpc) is 2.83. The molecule has 5 atom stereocenters. The number of aliphatic hydroxyl groups excluding tert-OH is 1. The number of ether oxygens (including phenoxy) is 3. The lowest BCUT2D eigenvalue weighted by atomic mass is 9.68. The number of phenols is 2. The van der Waals surface area contributed by atoms with Crippen molar-refractivity contribution in [1.82, 2.24) is 0 Å². The van der Waals surface area contributed by atoms with E-state index in [1.165, 1.54) is 42.5 Å². The minimum absolute atomic E-state index is 0.0634. The molecular weight excluding hydrogens is 520 g/mol. The van der Waals surface area contributed by atoms with Crippen LogP contribution in [0.3, 0.4) is 0 Å². The van der Waals surface area contributed by atoms with Crippen molar-refractivity contribution in [2.75, 3.05) is 6.61 Å². The van der Waals surface area contributed by atoms with Crippen LogP contribution in [-0.2, 0) is 29.4 Å². The van der Waals surface area contributed by atoms with Crippen LogP contribution in [0.2, 0.25) is 0 Å². The minimum Gasteiger partial charge on any atom is -0.507 e. The lowest BCUT2D eigenvalue weighted by Crippen LogP contribution is -2.63. The number of aliphatic hydroxyl groups is 2. The summed E-state index contributed by atoms with van der Waals surface area (Å²) in [5.74, 6) is -3.17. The van der Waals surface area contributed by atoms with Crippen LogP contribution in [0.25, 0.3) is 0 Å². The highest BCUT2D eigenvalue weighted by Crippen LogP contribution is 2.50. The highest BCUT2D eigenvalue weighted by Gasteiger charge is 2.57. The van der Waals surface area contributed by atoms with Crippen LogP contribution in [0.1, 0.15) is 60.3 Å². The number of rotatable bonds is 5. The monoisotopic (exact) mass is 552 g/mol. The summed E-state index contributed by atoms with van der Waals surface area (Å²) >= 11 is 0. The van der Waals surface area contributed by atoms with Gasteiger partial charge in [0.25, 0.3) is 0 Å². The molecule has 0 aromatic heterocycles. The van der Waals surface area contributed by atoms with Crippen molar-refractivity contribution >= 4 is 17.7 Å². The molecule has 10 heteroatoms. The number of phenolic OH excluding ortho intramolecular Hbond substituents is 2. The number of esters is 2. The van der Waals surface area contributed by atoms with Gasteiger partial charge in [-0.3, -0.25) is 4.79 Å². The second-order valence-corrected chi connectivity index (χ2v) is 10.6. The standard InChI is InChI=1S/C30H32O10/c1-14(2)9-22(33)39-21-13-38-29(27(36)28(21)40-23(34)10-15(3)4)30(37)17-7-6-8-19(31)24(17)26(35)25-18(30)11-16(5)12-20(25)32/h6-12,21,27-29,31-32,36-37H,13H2,1-5H3/t21-,27+,28-,29-,30-/m0/s1. The molecule has 2 aromatic rings. The highest BCUT2D eigenvalue weighted by molar-refractivity contribution is 6.16. The Morgan fingerprint density at radius 1 is 0.950 bits per heavy atom. The summed E-state index contributed by atoms with van der Waals surface area (Å²) in [5.41, 5.74) is -1.22. The topological polar surface area (TPSA) is 160 Å². The van der Waals surface area contributed by atoms with Crippen molar-refractivity contribution in [3.05, 3.63) is 81.4 Å². The molecule has 2 aromatic carbocycles. The predicted octanol–water partition coefficient (Wildman–Crippen LogP) is 2.70. The van der Waals surface area contributed by atoms with E-state index in [4.69, 9.17) is 14.2 Å². The molecule has 40 heavy (non-hydrogen) atoms. The van der Waals surface area contributed by atoms with Gasteiger partial charge in [0.15, 0.2) is 12.2 Å². The fourth-order valence-electron chi connectivity index (χ4n) is 5.20. The van der Waals surface area contributed by atoms with Crippen molar-refractivity contribution in [2.24, 2.45) is 0 Å². The van der Waals surface area contributed by atoms with Crippen LogP contribution >= 0.6 is 0 Å². The zero-order chi connectivity index (χ0) is 29.5. The SMILES string of the molecule is CC(C)=CC(=O)O[C@@H]1[C@@H](O)[C@@H]([C@]2(O)c3cccc(O)c3C(=O)c3c(O)cc(C)cc32)OC[C@@H]1OC(=O)C=C(C)C. The van der Waals surface area contributed by atoms with Crippen molar-refractivity contribution in [2.45, 2.75) is 64.6 Å². The van der Waals surface area contributed by atoms with Gasteiger partial charge in [-0.05, 0) is 52.3 Å². The molecule has 0 amide bonds. The molecule has 0 bridgehead atoms. The van der Waals surface area contributed by atoms with Gasteiger partial charge >= 0.3 is 11.9 Å². The van der Waals surface area contributed by atoms with Crippen molar-refractivity contribution in [1.29, 1.82) is 0 Å². The fourth-order valence-corrected chi connectivity index (χ4v) is 5.20. The smallest absolute Gasteiger partial charge is 0.331 e. The van der Waals surface area contributed by atoms with E-state index in [2.05, 4.69) is 0 Å². The van der Waals surface area contributed by atoms with Gasteiger partial charge in [-0.1, -0.05) is 29.3 Å². The average molecular weight is 553 g/mol. The maximum absolute atomic E-state index is 13.4. The molecular formula is C30H32O10. The Morgan fingerprint density at radius 3 is 2.17 bits per heavy atom. The number of fused-ring (bicyclic) bond motifs is 2. The lowest BCUT2D eigenvalue weighted by molar-refractivity contribution is -0.243. The van der Waals surface area contributed by atoms with E-state index in [0.717, 1.165) is 0 Å². The van der Waals surface area contributed by atoms with E-state index >= 15 is 0 Å². The number of benzene rings is 2. The number of carbonyl (C=O) groups excluding carboxylic acids is 3. The van der Waals surface area contributed by atoms with E-state index in [1.54, 1.807) is 34.6 Å².